The Hall–Kier alpha value is -2.66. The van der Waals surface area contributed by atoms with Gasteiger partial charge in [0.1, 0.15) is 10.8 Å². The molecule has 0 radical (unpaired) electrons. The van der Waals surface area contributed by atoms with Crippen molar-refractivity contribution in [1.29, 1.82) is 0 Å². The number of hydrogen-bond acceptors (Lipinski definition) is 4. The second kappa shape index (κ2) is 8.82. The van der Waals surface area contributed by atoms with E-state index in [4.69, 9.17) is 4.74 Å². The van der Waals surface area contributed by atoms with Crippen molar-refractivity contribution < 1.29 is 9.53 Å². The first-order valence-corrected chi connectivity index (χ1v) is 9.99. The van der Waals surface area contributed by atoms with Gasteiger partial charge < -0.3 is 10.1 Å². The van der Waals surface area contributed by atoms with E-state index >= 15 is 0 Å². The quantitative estimate of drug-likeness (QED) is 0.608. The van der Waals surface area contributed by atoms with Crippen LogP contribution in [-0.4, -0.2) is 17.5 Å². The molecule has 1 aromatic heterocycles. The van der Waals surface area contributed by atoms with Gasteiger partial charge in [-0.2, -0.15) is 0 Å². The molecule has 4 nitrogen and oxygen atoms in total. The molecule has 27 heavy (non-hydrogen) atoms. The van der Waals surface area contributed by atoms with Gasteiger partial charge >= 0.3 is 0 Å². The number of benzene rings is 2. The number of anilines is 1. The van der Waals surface area contributed by atoms with Gasteiger partial charge in [0.25, 0.3) is 0 Å². The second-order valence-corrected chi connectivity index (χ2v) is 7.53. The van der Waals surface area contributed by atoms with Crippen LogP contribution in [0.15, 0.2) is 48.5 Å². The van der Waals surface area contributed by atoms with Crippen LogP contribution in [-0.2, 0) is 17.6 Å². The second-order valence-electron chi connectivity index (χ2n) is 6.25. The molecule has 0 saturated carbocycles. The topological polar surface area (TPSA) is 51.2 Å². The predicted octanol–water partition coefficient (Wildman–Crippen LogP) is 5.26. The number of ether oxygens (including phenoxy) is 1. The van der Waals surface area contributed by atoms with Crippen LogP contribution in [0.4, 0.5) is 5.69 Å². The van der Waals surface area contributed by atoms with Crippen molar-refractivity contribution in [1.82, 2.24) is 4.98 Å². The fourth-order valence-corrected chi connectivity index (χ4v) is 3.79. The highest BCUT2D eigenvalue weighted by molar-refractivity contribution is 7.12. The van der Waals surface area contributed by atoms with Crippen molar-refractivity contribution in [3.63, 3.8) is 0 Å². The third-order valence-corrected chi connectivity index (χ3v) is 5.21. The predicted molar refractivity (Wildman–Crippen MR) is 112 cm³/mol. The minimum atomic E-state index is -0.0498. The van der Waals surface area contributed by atoms with Gasteiger partial charge in [0.15, 0.2) is 0 Å². The Kier molecular flexibility index (Phi) is 6.24. The lowest BCUT2D eigenvalue weighted by Crippen LogP contribution is -2.14. The van der Waals surface area contributed by atoms with Gasteiger partial charge in [-0.1, -0.05) is 19.1 Å². The van der Waals surface area contributed by atoms with Crippen LogP contribution in [0.5, 0.6) is 5.75 Å². The molecule has 2 aromatic carbocycles. The van der Waals surface area contributed by atoms with Crippen LogP contribution in [0.25, 0.3) is 11.3 Å². The van der Waals surface area contributed by atoms with Gasteiger partial charge in [-0.25, -0.2) is 4.98 Å². The SMILES string of the molecule is CCOc1ccc(-c2nc(CC(=O)Nc3ccc(CC)cc3)sc2C)cc1. The van der Waals surface area contributed by atoms with Crippen LogP contribution in [0.1, 0.15) is 29.3 Å². The van der Waals surface area contributed by atoms with Gasteiger partial charge in [-0.15, -0.1) is 11.3 Å². The fraction of sp³-hybridized carbons (Fsp3) is 0.273. The summed E-state index contributed by atoms with van der Waals surface area (Å²) in [6.07, 6.45) is 1.26. The summed E-state index contributed by atoms with van der Waals surface area (Å²) in [6, 6.07) is 15.9. The van der Waals surface area contributed by atoms with E-state index in [9.17, 15) is 4.79 Å². The summed E-state index contributed by atoms with van der Waals surface area (Å²) in [4.78, 5) is 18.1. The molecule has 0 aliphatic heterocycles. The minimum absolute atomic E-state index is 0.0498. The molecule has 1 heterocycles. The zero-order chi connectivity index (χ0) is 19.2. The highest BCUT2D eigenvalue weighted by Crippen LogP contribution is 2.29. The number of nitrogens with one attached hydrogen (secondary N) is 1. The zero-order valence-electron chi connectivity index (χ0n) is 15.9. The van der Waals surface area contributed by atoms with E-state index < -0.39 is 0 Å². The summed E-state index contributed by atoms with van der Waals surface area (Å²) < 4.78 is 5.49. The molecule has 0 unspecified atom stereocenters. The monoisotopic (exact) mass is 380 g/mol. The van der Waals surface area contributed by atoms with Crippen molar-refractivity contribution >= 4 is 22.9 Å². The third-order valence-electron chi connectivity index (χ3n) is 4.24. The smallest absolute Gasteiger partial charge is 0.231 e. The first-order chi connectivity index (χ1) is 13.1. The molecule has 1 amide bonds. The Labute approximate surface area is 164 Å². The summed E-state index contributed by atoms with van der Waals surface area (Å²) in [5.74, 6) is 0.800. The van der Waals surface area contributed by atoms with Crippen LogP contribution in [0.2, 0.25) is 0 Å². The standard InChI is InChI=1S/C22H24N2O2S/c1-4-16-6-10-18(11-7-16)23-20(25)14-21-24-22(15(3)27-21)17-8-12-19(13-9-17)26-5-2/h6-13H,4-5,14H2,1-3H3,(H,23,25). The third kappa shape index (κ3) is 4.95. The molecule has 0 bridgehead atoms. The maximum atomic E-state index is 12.3. The van der Waals surface area contributed by atoms with Crippen molar-refractivity contribution in [2.45, 2.75) is 33.6 Å². The van der Waals surface area contributed by atoms with Gasteiger partial charge in [0.05, 0.1) is 18.7 Å². The Morgan fingerprint density at radius 1 is 1.07 bits per heavy atom. The molecule has 0 fully saturated rings. The van der Waals surface area contributed by atoms with E-state index in [1.54, 1.807) is 11.3 Å². The van der Waals surface area contributed by atoms with E-state index in [-0.39, 0.29) is 12.3 Å². The van der Waals surface area contributed by atoms with Gasteiger partial charge in [-0.3, -0.25) is 4.79 Å². The van der Waals surface area contributed by atoms with E-state index in [2.05, 4.69) is 17.2 Å². The Morgan fingerprint density at radius 3 is 2.41 bits per heavy atom. The Morgan fingerprint density at radius 2 is 1.78 bits per heavy atom. The number of aromatic nitrogens is 1. The molecule has 5 heteroatoms. The lowest BCUT2D eigenvalue weighted by molar-refractivity contribution is -0.115. The van der Waals surface area contributed by atoms with Gasteiger partial charge in [0, 0.05) is 16.1 Å². The molecule has 140 valence electrons. The van der Waals surface area contributed by atoms with Gasteiger partial charge in [-0.05, 0) is 62.2 Å². The highest BCUT2D eigenvalue weighted by atomic mass is 32.1. The number of aryl methyl sites for hydroxylation is 2. The molecule has 0 saturated heterocycles. The van der Waals surface area contributed by atoms with Crippen LogP contribution >= 0.6 is 11.3 Å². The minimum Gasteiger partial charge on any atom is -0.494 e. The summed E-state index contributed by atoms with van der Waals surface area (Å²) in [7, 11) is 0. The number of amides is 1. The van der Waals surface area contributed by atoms with Crippen molar-refractivity contribution in [3.05, 3.63) is 64.0 Å². The average molecular weight is 381 g/mol. The number of carbonyl (C=O) groups is 1. The van der Waals surface area contributed by atoms with Crippen LogP contribution < -0.4 is 10.1 Å². The van der Waals surface area contributed by atoms with E-state index in [0.29, 0.717) is 6.61 Å². The molecular formula is C22H24N2O2S. The summed E-state index contributed by atoms with van der Waals surface area (Å²) in [6.45, 7) is 6.76. The number of carbonyl (C=O) groups excluding carboxylic acids is 1. The number of nitrogens with zero attached hydrogens (tertiary/aromatic N) is 1. The molecule has 1 N–H and O–H groups in total. The maximum absolute atomic E-state index is 12.3. The summed E-state index contributed by atoms with van der Waals surface area (Å²) in [5, 5.41) is 3.76. The van der Waals surface area contributed by atoms with E-state index in [1.165, 1.54) is 5.56 Å². The van der Waals surface area contributed by atoms with E-state index in [0.717, 1.165) is 39.0 Å². The van der Waals surface area contributed by atoms with Gasteiger partial charge in [0.2, 0.25) is 5.91 Å². The molecule has 0 aliphatic carbocycles. The summed E-state index contributed by atoms with van der Waals surface area (Å²) >= 11 is 1.57. The average Bonchev–Trinajstić information content (AvgIpc) is 3.03. The summed E-state index contributed by atoms with van der Waals surface area (Å²) in [5.41, 5.74) is 4.04. The molecule has 0 aliphatic rings. The lowest BCUT2D eigenvalue weighted by atomic mass is 10.1. The molecular weight excluding hydrogens is 356 g/mol. The number of thiazole rings is 1. The fourth-order valence-electron chi connectivity index (χ4n) is 2.84. The first-order valence-electron chi connectivity index (χ1n) is 9.17. The zero-order valence-corrected chi connectivity index (χ0v) is 16.7. The lowest BCUT2D eigenvalue weighted by Gasteiger charge is -2.05. The molecule has 0 atom stereocenters. The normalized spacial score (nSPS) is 10.6. The molecule has 3 aromatic rings. The van der Waals surface area contributed by atoms with Crippen LogP contribution in [0.3, 0.4) is 0 Å². The van der Waals surface area contributed by atoms with Crippen molar-refractivity contribution in [3.8, 4) is 17.0 Å². The van der Waals surface area contributed by atoms with E-state index in [1.807, 2.05) is 62.4 Å². The molecule has 0 spiro atoms. The Balaban J connectivity index is 1.67. The van der Waals surface area contributed by atoms with Crippen LogP contribution in [0, 0.1) is 6.92 Å². The largest absolute Gasteiger partial charge is 0.494 e. The Bertz CT molecular complexity index is 899. The number of rotatable bonds is 7. The maximum Gasteiger partial charge on any atom is 0.231 e. The first kappa shape index (κ1) is 19.1. The molecule has 3 rings (SSSR count). The highest BCUT2D eigenvalue weighted by Gasteiger charge is 2.13. The van der Waals surface area contributed by atoms with Crippen molar-refractivity contribution in [2.24, 2.45) is 0 Å². The number of hydrogen-bond donors (Lipinski definition) is 1. The van der Waals surface area contributed by atoms with Crippen molar-refractivity contribution in [2.75, 3.05) is 11.9 Å².